The SMILES string of the molecule is O=C(NCCc1cnccn1)C1CC(=O)N(C2CC2)C1. The number of nitrogens with one attached hydrogen (secondary N) is 1. The van der Waals surface area contributed by atoms with Crippen LogP contribution in [-0.4, -0.2) is 45.8 Å². The molecule has 1 aliphatic carbocycles. The molecule has 6 nitrogen and oxygen atoms in total. The summed E-state index contributed by atoms with van der Waals surface area (Å²) >= 11 is 0. The zero-order chi connectivity index (χ0) is 13.9. The molecule has 2 heterocycles. The highest BCUT2D eigenvalue weighted by Crippen LogP contribution is 2.32. The Balaban J connectivity index is 1.44. The van der Waals surface area contributed by atoms with Crippen molar-refractivity contribution in [3.63, 3.8) is 0 Å². The largest absolute Gasteiger partial charge is 0.355 e. The van der Waals surface area contributed by atoms with Gasteiger partial charge in [-0.05, 0) is 12.8 Å². The van der Waals surface area contributed by atoms with Gasteiger partial charge >= 0.3 is 0 Å². The molecule has 6 heteroatoms. The molecule has 1 N–H and O–H groups in total. The highest BCUT2D eigenvalue weighted by molar-refractivity contribution is 5.89. The first kappa shape index (κ1) is 13.0. The Hall–Kier alpha value is -1.98. The minimum absolute atomic E-state index is 0.0228. The fourth-order valence-corrected chi connectivity index (χ4v) is 2.56. The van der Waals surface area contributed by atoms with E-state index >= 15 is 0 Å². The number of rotatable bonds is 5. The summed E-state index contributed by atoms with van der Waals surface area (Å²) in [5, 5.41) is 2.89. The van der Waals surface area contributed by atoms with Gasteiger partial charge in [0.1, 0.15) is 0 Å². The molecule has 0 bridgehead atoms. The molecule has 106 valence electrons. The number of carbonyl (C=O) groups is 2. The quantitative estimate of drug-likeness (QED) is 0.829. The summed E-state index contributed by atoms with van der Waals surface area (Å²) < 4.78 is 0. The van der Waals surface area contributed by atoms with E-state index in [2.05, 4.69) is 15.3 Å². The van der Waals surface area contributed by atoms with Crippen molar-refractivity contribution in [2.24, 2.45) is 5.92 Å². The monoisotopic (exact) mass is 274 g/mol. The molecule has 1 aliphatic heterocycles. The van der Waals surface area contributed by atoms with E-state index < -0.39 is 0 Å². The third kappa shape index (κ3) is 2.95. The standard InChI is InChI=1S/C14H18N4O2/c19-13-7-10(9-18(13)12-1-2-12)14(20)17-4-3-11-8-15-5-6-16-11/h5-6,8,10,12H,1-4,7,9H2,(H,17,20). The van der Waals surface area contributed by atoms with Crippen molar-refractivity contribution >= 4 is 11.8 Å². The maximum Gasteiger partial charge on any atom is 0.225 e. The number of carbonyl (C=O) groups excluding carboxylic acids is 2. The minimum atomic E-state index is -0.190. The molecule has 1 unspecified atom stereocenters. The van der Waals surface area contributed by atoms with E-state index in [0.29, 0.717) is 32.0 Å². The summed E-state index contributed by atoms with van der Waals surface area (Å²) in [6.07, 6.45) is 8.15. The molecule has 1 saturated heterocycles. The van der Waals surface area contributed by atoms with E-state index in [1.165, 1.54) is 0 Å². The average Bonchev–Trinajstić information content (AvgIpc) is 3.23. The van der Waals surface area contributed by atoms with Gasteiger partial charge in [0, 0.05) is 50.6 Å². The third-order valence-corrected chi connectivity index (χ3v) is 3.81. The molecular formula is C14H18N4O2. The molecular weight excluding hydrogens is 256 g/mol. The maximum absolute atomic E-state index is 12.0. The highest BCUT2D eigenvalue weighted by Gasteiger charge is 2.41. The van der Waals surface area contributed by atoms with Gasteiger partial charge in [0.25, 0.3) is 0 Å². The zero-order valence-electron chi connectivity index (χ0n) is 11.3. The Kier molecular flexibility index (Phi) is 3.62. The van der Waals surface area contributed by atoms with Gasteiger partial charge in [-0.3, -0.25) is 19.6 Å². The summed E-state index contributed by atoms with van der Waals surface area (Å²) in [6, 6.07) is 0.403. The summed E-state index contributed by atoms with van der Waals surface area (Å²) in [6.45, 7) is 1.12. The topological polar surface area (TPSA) is 75.2 Å². The van der Waals surface area contributed by atoms with Crippen LogP contribution in [0.1, 0.15) is 25.0 Å². The molecule has 0 radical (unpaired) electrons. The smallest absolute Gasteiger partial charge is 0.225 e. The van der Waals surface area contributed by atoms with Crippen molar-refractivity contribution in [3.8, 4) is 0 Å². The van der Waals surface area contributed by atoms with E-state index in [0.717, 1.165) is 18.5 Å². The first-order chi connectivity index (χ1) is 9.74. The second kappa shape index (κ2) is 5.56. The fourth-order valence-electron chi connectivity index (χ4n) is 2.56. The average molecular weight is 274 g/mol. The van der Waals surface area contributed by atoms with Crippen molar-refractivity contribution in [3.05, 3.63) is 24.3 Å². The summed E-state index contributed by atoms with van der Waals surface area (Å²) in [5.41, 5.74) is 0.856. The second-order valence-electron chi connectivity index (χ2n) is 5.42. The van der Waals surface area contributed by atoms with E-state index in [-0.39, 0.29) is 17.7 Å². The van der Waals surface area contributed by atoms with Crippen LogP contribution in [0.3, 0.4) is 0 Å². The highest BCUT2D eigenvalue weighted by atomic mass is 16.2. The number of likely N-dealkylation sites (tertiary alicyclic amines) is 1. The molecule has 1 atom stereocenters. The third-order valence-electron chi connectivity index (χ3n) is 3.81. The first-order valence-corrected chi connectivity index (χ1v) is 7.06. The van der Waals surface area contributed by atoms with E-state index in [1.54, 1.807) is 18.6 Å². The van der Waals surface area contributed by atoms with Crippen LogP contribution in [0.25, 0.3) is 0 Å². The van der Waals surface area contributed by atoms with Crippen molar-refractivity contribution in [2.75, 3.05) is 13.1 Å². The molecule has 0 aromatic carbocycles. The lowest BCUT2D eigenvalue weighted by atomic mass is 10.1. The zero-order valence-corrected chi connectivity index (χ0v) is 11.3. The molecule has 0 spiro atoms. The number of hydrogen-bond acceptors (Lipinski definition) is 4. The number of nitrogens with zero attached hydrogens (tertiary/aromatic N) is 3. The fraction of sp³-hybridized carbons (Fsp3) is 0.571. The van der Waals surface area contributed by atoms with E-state index in [1.807, 2.05) is 4.90 Å². The lowest BCUT2D eigenvalue weighted by molar-refractivity contribution is -0.129. The van der Waals surface area contributed by atoms with Gasteiger partial charge in [-0.15, -0.1) is 0 Å². The Bertz CT molecular complexity index is 501. The van der Waals surface area contributed by atoms with Crippen molar-refractivity contribution in [1.29, 1.82) is 0 Å². The maximum atomic E-state index is 12.0. The number of aromatic nitrogens is 2. The molecule has 2 aliphatic rings. The van der Waals surface area contributed by atoms with Gasteiger partial charge in [-0.1, -0.05) is 0 Å². The Morgan fingerprint density at radius 1 is 1.40 bits per heavy atom. The van der Waals surface area contributed by atoms with Gasteiger partial charge in [-0.2, -0.15) is 0 Å². The molecule has 1 aromatic rings. The lowest BCUT2D eigenvalue weighted by Crippen LogP contribution is -2.34. The van der Waals surface area contributed by atoms with Gasteiger partial charge in [0.2, 0.25) is 11.8 Å². The normalized spacial score (nSPS) is 22.1. The molecule has 3 rings (SSSR count). The molecule has 2 amide bonds. The van der Waals surface area contributed by atoms with Crippen LogP contribution < -0.4 is 5.32 Å². The predicted molar refractivity (Wildman–Crippen MR) is 71.6 cm³/mol. The number of hydrogen-bond donors (Lipinski definition) is 1. The molecule has 2 fully saturated rings. The van der Waals surface area contributed by atoms with Gasteiger partial charge in [-0.25, -0.2) is 0 Å². The minimum Gasteiger partial charge on any atom is -0.355 e. The first-order valence-electron chi connectivity index (χ1n) is 7.06. The van der Waals surface area contributed by atoms with Crippen LogP contribution in [0.5, 0.6) is 0 Å². The van der Waals surface area contributed by atoms with Gasteiger partial charge in [0.05, 0.1) is 11.6 Å². The van der Waals surface area contributed by atoms with Gasteiger partial charge < -0.3 is 10.2 Å². The van der Waals surface area contributed by atoms with Crippen molar-refractivity contribution in [1.82, 2.24) is 20.2 Å². The molecule has 1 aromatic heterocycles. The summed E-state index contributed by atoms with van der Waals surface area (Å²) in [7, 11) is 0. The van der Waals surface area contributed by atoms with Crippen LogP contribution in [-0.2, 0) is 16.0 Å². The van der Waals surface area contributed by atoms with Crippen molar-refractivity contribution in [2.45, 2.75) is 31.7 Å². The van der Waals surface area contributed by atoms with E-state index in [4.69, 9.17) is 0 Å². The summed E-state index contributed by atoms with van der Waals surface area (Å²) in [4.78, 5) is 33.8. The van der Waals surface area contributed by atoms with Crippen LogP contribution >= 0.6 is 0 Å². The van der Waals surface area contributed by atoms with Gasteiger partial charge in [0.15, 0.2) is 0 Å². The molecule has 20 heavy (non-hydrogen) atoms. The molecule has 1 saturated carbocycles. The Labute approximate surface area is 117 Å². The Morgan fingerprint density at radius 3 is 2.95 bits per heavy atom. The predicted octanol–water partition coefficient (Wildman–Crippen LogP) is 0.146. The summed E-state index contributed by atoms with van der Waals surface area (Å²) in [5.74, 6) is -0.0862. The van der Waals surface area contributed by atoms with Crippen LogP contribution in [0.4, 0.5) is 0 Å². The number of amides is 2. The van der Waals surface area contributed by atoms with Crippen LogP contribution in [0.2, 0.25) is 0 Å². The lowest BCUT2D eigenvalue weighted by Gasteiger charge is -2.15. The van der Waals surface area contributed by atoms with E-state index in [9.17, 15) is 9.59 Å². The van der Waals surface area contributed by atoms with Crippen molar-refractivity contribution < 1.29 is 9.59 Å². The Morgan fingerprint density at radius 2 is 2.25 bits per heavy atom. The van der Waals surface area contributed by atoms with Crippen LogP contribution in [0.15, 0.2) is 18.6 Å². The second-order valence-corrected chi connectivity index (χ2v) is 5.42. The van der Waals surface area contributed by atoms with Crippen LogP contribution in [0, 0.1) is 5.92 Å².